The minimum atomic E-state index is -1.62. The third-order valence-corrected chi connectivity index (χ3v) is 18.3. The van der Waals surface area contributed by atoms with Crippen molar-refractivity contribution < 1.29 is 42.9 Å². The summed E-state index contributed by atoms with van der Waals surface area (Å²) in [6.45, 7) is 4.71. The molecule has 0 bridgehead atoms. The van der Waals surface area contributed by atoms with Crippen molar-refractivity contribution in [2.24, 2.45) is 0 Å². The van der Waals surface area contributed by atoms with Crippen molar-refractivity contribution in [2.45, 2.75) is 418 Å². The van der Waals surface area contributed by atoms with Gasteiger partial charge >= 0.3 is 11.9 Å². The lowest BCUT2D eigenvalue weighted by atomic mass is 10.0. The van der Waals surface area contributed by atoms with Crippen molar-refractivity contribution in [3.63, 3.8) is 0 Å². The molecule has 9 heteroatoms. The first-order chi connectivity index (χ1) is 45.1. The van der Waals surface area contributed by atoms with Gasteiger partial charge in [-0.25, -0.2) is 0 Å². The second-order valence-electron chi connectivity index (χ2n) is 28.7. The molecule has 0 aromatic heterocycles. The van der Waals surface area contributed by atoms with E-state index in [1.54, 1.807) is 0 Å². The zero-order chi connectivity index (χ0) is 66.8. The molecule has 0 aromatic carbocycles. The molecule has 0 fully saturated rings. The van der Waals surface area contributed by atoms with E-state index in [0.29, 0.717) is 23.9 Å². The monoisotopic (exact) mass is 1290 g/mol. The van der Waals surface area contributed by atoms with Gasteiger partial charge in [0.25, 0.3) is 0 Å². The summed E-state index contributed by atoms with van der Waals surface area (Å²) in [5, 5.41) is 11.9. The largest absolute Gasteiger partial charge is 0.545 e. The standard InChI is InChI=1S/C83H155NO8/c1-6-8-10-12-14-16-18-20-22-24-26-28-30-32-34-35-36-37-38-39-40-41-42-43-44-45-46-48-49-51-53-55-57-59-61-63-65-67-69-71-73-80(85)90-77-79(78-91-83(82(87)88)89-76-75-84(3,4)5)92-81(86)74-72-70-68-66-64-62-60-58-56-54-52-50-47-33-31-29-27-25-23-21-19-17-15-13-11-9-7-2/h9,11,15,17,21,23,27,29,79,83H,6-8,10,12-14,16,18-20,22,24-26,28,30-78H2,1-5H3/b11-9-,17-15-,23-21-,29-27-. The Labute approximate surface area is 572 Å². The predicted molar refractivity (Wildman–Crippen MR) is 394 cm³/mol. The van der Waals surface area contributed by atoms with Gasteiger partial charge in [0.1, 0.15) is 13.2 Å². The van der Waals surface area contributed by atoms with E-state index in [1.807, 2.05) is 21.1 Å². The Morgan fingerprint density at radius 2 is 0.620 bits per heavy atom. The number of hydrogen-bond acceptors (Lipinski definition) is 8. The molecule has 0 saturated carbocycles. The van der Waals surface area contributed by atoms with Crippen LogP contribution in [0.5, 0.6) is 0 Å². The van der Waals surface area contributed by atoms with E-state index >= 15 is 0 Å². The topological polar surface area (TPSA) is 111 Å². The van der Waals surface area contributed by atoms with Crippen molar-refractivity contribution in [2.75, 3.05) is 47.5 Å². The van der Waals surface area contributed by atoms with Gasteiger partial charge in [-0.1, -0.05) is 390 Å². The summed E-state index contributed by atoms with van der Waals surface area (Å²) in [6.07, 6.45) is 94.0. The lowest BCUT2D eigenvalue weighted by Crippen LogP contribution is -2.44. The molecule has 92 heavy (non-hydrogen) atoms. The summed E-state index contributed by atoms with van der Waals surface area (Å²) >= 11 is 0. The first-order valence-electron chi connectivity index (χ1n) is 40.3. The Kier molecular flexibility index (Phi) is 71.8. The SMILES string of the molecule is CC/C=C\C/C=C\C/C=C\C/C=C\CCCCCCCCCCCCCCCCC(=O)OC(COC(=O)CCCCCCCCCCCCCCCCCCCCCCCCCCCCCCCCCCCCCCCCCC)COC(OCC[N+](C)(C)C)C(=O)[O-]. The normalized spacial score (nSPS) is 12.8. The van der Waals surface area contributed by atoms with Gasteiger partial charge in [0.05, 0.1) is 40.3 Å². The number of quaternary nitrogens is 1. The van der Waals surface area contributed by atoms with Crippen LogP contribution in [0, 0.1) is 0 Å². The summed E-state index contributed by atoms with van der Waals surface area (Å²) in [5.41, 5.74) is 0. The number of nitrogens with zero attached hydrogens (tertiary/aromatic N) is 1. The van der Waals surface area contributed by atoms with Crippen molar-refractivity contribution >= 4 is 17.9 Å². The number of carboxylic acid groups (broad SMARTS) is 1. The van der Waals surface area contributed by atoms with Gasteiger partial charge in [0, 0.05) is 12.8 Å². The average Bonchev–Trinajstić information content (AvgIpc) is 3.70. The van der Waals surface area contributed by atoms with Crippen molar-refractivity contribution in [1.29, 1.82) is 0 Å². The van der Waals surface area contributed by atoms with Gasteiger partial charge in [0.2, 0.25) is 0 Å². The first kappa shape index (κ1) is 89.2. The van der Waals surface area contributed by atoms with E-state index in [-0.39, 0.29) is 32.2 Å². The van der Waals surface area contributed by atoms with Crippen LogP contribution in [-0.2, 0) is 33.3 Å². The highest BCUT2D eigenvalue weighted by atomic mass is 16.7. The number of carboxylic acids is 1. The molecular formula is C83H155NO8. The van der Waals surface area contributed by atoms with Crippen LogP contribution >= 0.6 is 0 Å². The van der Waals surface area contributed by atoms with Crippen molar-refractivity contribution in [3.05, 3.63) is 48.6 Å². The van der Waals surface area contributed by atoms with E-state index < -0.39 is 24.3 Å². The number of aliphatic carboxylic acids is 1. The molecule has 0 aliphatic rings. The number of unbranched alkanes of at least 4 members (excludes halogenated alkanes) is 53. The van der Waals surface area contributed by atoms with E-state index in [1.165, 1.54) is 315 Å². The summed E-state index contributed by atoms with van der Waals surface area (Å²) in [4.78, 5) is 37.6. The van der Waals surface area contributed by atoms with Crippen LogP contribution in [-0.4, -0.2) is 82.3 Å². The predicted octanol–water partition coefficient (Wildman–Crippen LogP) is 24.3. The molecule has 2 unspecified atom stereocenters. The Hall–Kier alpha value is -2.75. The lowest BCUT2D eigenvalue weighted by molar-refractivity contribution is -0.870. The van der Waals surface area contributed by atoms with Crippen LogP contribution in [0.3, 0.4) is 0 Å². The van der Waals surface area contributed by atoms with Gasteiger partial charge in [0.15, 0.2) is 12.4 Å². The number of esters is 2. The molecule has 0 heterocycles. The summed E-state index contributed by atoms with van der Waals surface area (Å²) in [5.74, 6) is -2.26. The Balaban J connectivity index is 3.93. The van der Waals surface area contributed by atoms with Crippen LogP contribution in [0.4, 0.5) is 0 Å². The van der Waals surface area contributed by atoms with Gasteiger partial charge in [-0.05, 0) is 51.4 Å². The molecule has 0 aliphatic carbocycles. The maximum absolute atomic E-state index is 13.0. The fourth-order valence-corrected chi connectivity index (χ4v) is 12.2. The molecule has 540 valence electrons. The molecule has 2 atom stereocenters. The van der Waals surface area contributed by atoms with Crippen molar-refractivity contribution in [3.8, 4) is 0 Å². The second kappa shape index (κ2) is 74.0. The molecule has 0 saturated heterocycles. The molecule has 9 nitrogen and oxygen atoms in total. The number of hydrogen-bond donors (Lipinski definition) is 0. The number of carbonyl (C=O) groups is 3. The Morgan fingerprint density at radius 3 is 0.924 bits per heavy atom. The highest BCUT2D eigenvalue weighted by molar-refractivity contribution is 5.70. The maximum Gasteiger partial charge on any atom is 0.306 e. The first-order valence-corrected chi connectivity index (χ1v) is 40.3. The minimum absolute atomic E-state index is 0.149. The third kappa shape index (κ3) is 74.6. The second-order valence-corrected chi connectivity index (χ2v) is 28.7. The molecule has 0 rings (SSSR count). The Bertz CT molecular complexity index is 1650. The fourth-order valence-electron chi connectivity index (χ4n) is 12.2. The van der Waals surface area contributed by atoms with Crippen molar-refractivity contribution in [1.82, 2.24) is 0 Å². The molecular weight excluding hydrogens is 1140 g/mol. The zero-order valence-corrected chi connectivity index (χ0v) is 61.9. The van der Waals surface area contributed by atoms with E-state index in [4.69, 9.17) is 18.9 Å². The van der Waals surface area contributed by atoms with Crippen LogP contribution in [0.1, 0.15) is 406 Å². The maximum atomic E-state index is 13.0. The van der Waals surface area contributed by atoms with Gasteiger partial charge in [-0.2, -0.15) is 0 Å². The molecule has 0 aliphatic heterocycles. The number of likely N-dealkylation sites (N-methyl/N-ethyl adjacent to an activating group) is 1. The highest BCUT2D eigenvalue weighted by Gasteiger charge is 2.22. The van der Waals surface area contributed by atoms with Crippen LogP contribution < -0.4 is 5.11 Å². The zero-order valence-electron chi connectivity index (χ0n) is 61.9. The quantitative estimate of drug-likeness (QED) is 0.0195. The molecule has 0 N–H and O–H groups in total. The van der Waals surface area contributed by atoms with Gasteiger partial charge < -0.3 is 33.3 Å². The number of allylic oxidation sites excluding steroid dienone is 8. The van der Waals surface area contributed by atoms with E-state index in [9.17, 15) is 19.5 Å². The average molecular weight is 1300 g/mol. The van der Waals surface area contributed by atoms with Crippen LogP contribution in [0.2, 0.25) is 0 Å². The molecule has 0 radical (unpaired) electrons. The van der Waals surface area contributed by atoms with E-state index in [0.717, 1.165) is 57.8 Å². The third-order valence-electron chi connectivity index (χ3n) is 18.3. The molecule has 0 amide bonds. The van der Waals surface area contributed by atoms with Gasteiger partial charge in [-0.15, -0.1) is 0 Å². The van der Waals surface area contributed by atoms with E-state index in [2.05, 4.69) is 62.5 Å². The molecule has 0 spiro atoms. The summed E-state index contributed by atoms with van der Waals surface area (Å²) in [7, 11) is 5.95. The van der Waals surface area contributed by atoms with Gasteiger partial charge in [-0.3, -0.25) is 9.59 Å². The smallest absolute Gasteiger partial charge is 0.306 e. The Morgan fingerprint density at radius 1 is 0.337 bits per heavy atom. The highest BCUT2D eigenvalue weighted by Crippen LogP contribution is 2.20. The number of rotatable bonds is 76. The molecule has 0 aromatic rings. The summed E-state index contributed by atoms with van der Waals surface area (Å²) in [6, 6.07) is 0. The lowest BCUT2D eigenvalue weighted by Gasteiger charge is -2.26. The van der Waals surface area contributed by atoms with Crippen LogP contribution in [0.25, 0.3) is 0 Å². The number of ether oxygens (including phenoxy) is 4. The number of carbonyl (C=O) groups excluding carboxylic acids is 3. The minimum Gasteiger partial charge on any atom is -0.545 e. The van der Waals surface area contributed by atoms with Crippen LogP contribution in [0.15, 0.2) is 48.6 Å². The summed E-state index contributed by atoms with van der Waals surface area (Å²) < 4.78 is 22.9. The fraction of sp³-hybridized carbons (Fsp3) is 0.867.